The van der Waals surface area contributed by atoms with Gasteiger partial charge in [0, 0.05) is 20.3 Å². The number of fused-ring (bicyclic) bond motifs is 1. The molecule has 0 unspecified atom stereocenters. The molecule has 7 heteroatoms. The maximum absolute atomic E-state index is 13.8. The normalized spacial score (nSPS) is 10.7. The van der Waals surface area contributed by atoms with Crippen LogP contribution in [0.2, 0.25) is 0 Å². The van der Waals surface area contributed by atoms with Crippen molar-refractivity contribution in [1.82, 2.24) is 14.7 Å². The van der Waals surface area contributed by atoms with Gasteiger partial charge >= 0.3 is 0 Å². The monoisotopic (exact) mass is 340 g/mol. The second-order valence-corrected chi connectivity index (χ2v) is 5.84. The zero-order valence-electron chi connectivity index (χ0n) is 13.9. The van der Waals surface area contributed by atoms with Crippen LogP contribution in [0.25, 0.3) is 10.8 Å². The molecular formula is C18H17FN4O2. The molecule has 0 aliphatic carbocycles. The van der Waals surface area contributed by atoms with Gasteiger partial charge in [0.05, 0.1) is 17.4 Å². The van der Waals surface area contributed by atoms with Crippen LogP contribution in [0.5, 0.6) is 0 Å². The van der Waals surface area contributed by atoms with Crippen molar-refractivity contribution in [2.75, 3.05) is 19.4 Å². The van der Waals surface area contributed by atoms with Crippen LogP contribution in [0.1, 0.15) is 10.4 Å². The molecule has 0 saturated heterocycles. The number of rotatable bonds is 4. The van der Waals surface area contributed by atoms with E-state index in [-0.39, 0.29) is 18.0 Å². The lowest BCUT2D eigenvalue weighted by molar-refractivity contribution is -0.129. The average Bonchev–Trinajstić information content (AvgIpc) is 3.00. The first-order chi connectivity index (χ1) is 11.9. The number of carbonyl (C=O) groups excluding carboxylic acids is 2. The van der Waals surface area contributed by atoms with Crippen LogP contribution < -0.4 is 5.32 Å². The van der Waals surface area contributed by atoms with Gasteiger partial charge < -0.3 is 10.2 Å². The Hall–Kier alpha value is -3.22. The number of likely N-dealkylation sites (N-methyl/N-ethyl adjacent to an activating group) is 1. The molecular weight excluding hydrogens is 323 g/mol. The predicted octanol–water partition coefficient (Wildman–Crippen LogP) is 2.52. The fourth-order valence-electron chi connectivity index (χ4n) is 2.45. The Morgan fingerprint density at radius 1 is 1.24 bits per heavy atom. The lowest BCUT2D eigenvalue weighted by Gasteiger charge is -2.09. The summed E-state index contributed by atoms with van der Waals surface area (Å²) >= 11 is 0. The number of carbonyl (C=O) groups is 2. The number of halogens is 1. The predicted molar refractivity (Wildman–Crippen MR) is 92.8 cm³/mol. The molecule has 1 heterocycles. The molecule has 0 fully saturated rings. The minimum absolute atomic E-state index is 0.0752. The quantitative estimate of drug-likeness (QED) is 0.793. The number of aromatic nitrogens is 2. The van der Waals surface area contributed by atoms with Crippen molar-refractivity contribution in [3.8, 4) is 0 Å². The third-order valence-electron chi connectivity index (χ3n) is 3.76. The van der Waals surface area contributed by atoms with E-state index in [1.165, 1.54) is 27.9 Å². The van der Waals surface area contributed by atoms with E-state index in [4.69, 9.17) is 0 Å². The highest BCUT2D eigenvalue weighted by molar-refractivity contribution is 6.12. The molecule has 3 rings (SSSR count). The fraction of sp³-hybridized carbons (Fsp3) is 0.167. The number of hydrogen-bond donors (Lipinski definition) is 1. The molecule has 0 bridgehead atoms. The van der Waals surface area contributed by atoms with Crippen molar-refractivity contribution in [1.29, 1.82) is 0 Å². The average molecular weight is 340 g/mol. The molecule has 25 heavy (non-hydrogen) atoms. The number of nitrogens with one attached hydrogen (secondary N) is 1. The van der Waals surface area contributed by atoms with Crippen LogP contribution >= 0.6 is 0 Å². The van der Waals surface area contributed by atoms with Gasteiger partial charge in [-0.1, -0.05) is 24.3 Å². The van der Waals surface area contributed by atoms with Gasteiger partial charge in [-0.3, -0.25) is 14.3 Å². The number of hydrogen-bond acceptors (Lipinski definition) is 3. The lowest BCUT2D eigenvalue weighted by Crippen LogP contribution is -2.26. The number of nitrogens with zero attached hydrogens (tertiary/aromatic N) is 3. The molecule has 0 radical (unpaired) electrons. The minimum Gasteiger partial charge on any atom is -0.347 e. The highest BCUT2D eigenvalue weighted by Gasteiger charge is 2.14. The minimum atomic E-state index is -0.476. The Balaban J connectivity index is 1.82. The highest BCUT2D eigenvalue weighted by atomic mass is 19.1. The summed E-state index contributed by atoms with van der Waals surface area (Å²) in [6, 6.07) is 9.69. The molecule has 0 spiro atoms. The van der Waals surface area contributed by atoms with E-state index in [0.717, 1.165) is 0 Å². The summed E-state index contributed by atoms with van der Waals surface area (Å²) in [4.78, 5) is 25.7. The molecule has 0 aliphatic heterocycles. The SMILES string of the molecule is CN(C)C(=O)Cn1cc(NC(=O)c2cc(F)cc3ccccc23)cn1. The highest BCUT2D eigenvalue weighted by Crippen LogP contribution is 2.21. The lowest BCUT2D eigenvalue weighted by atomic mass is 10.0. The van der Waals surface area contributed by atoms with Crippen molar-refractivity contribution < 1.29 is 14.0 Å². The van der Waals surface area contributed by atoms with E-state index in [9.17, 15) is 14.0 Å². The number of anilines is 1. The molecule has 3 aromatic rings. The number of benzene rings is 2. The first-order valence-electron chi connectivity index (χ1n) is 7.66. The third-order valence-corrected chi connectivity index (χ3v) is 3.76. The van der Waals surface area contributed by atoms with Gasteiger partial charge in [-0.15, -0.1) is 0 Å². The van der Waals surface area contributed by atoms with Gasteiger partial charge in [-0.05, 0) is 22.9 Å². The van der Waals surface area contributed by atoms with E-state index in [0.29, 0.717) is 16.5 Å². The van der Waals surface area contributed by atoms with Gasteiger partial charge in [-0.25, -0.2) is 4.39 Å². The van der Waals surface area contributed by atoms with Gasteiger partial charge in [0.2, 0.25) is 5.91 Å². The Bertz CT molecular complexity index is 949. The van der Waals surface area contributed by atoms with Crippen LogP contribution in [-0.4, -0.2) is 40.6 Å². The Morgan fingerprint density at radius 2 is 2.00 bits per heavy atom. The molecule has 2 aromatic carbocycles. The summed E-state index contributed by atoms with van der Waals surface area (Å²) in [6.45, 7) is 0.0752. The zero-order valence-corrected chi connectivity index (χ0v) is 13.9. The summed E-state index contributed by atoms with van der Waals surface area (Å²) in [5.41, 5.74) is 0.678. The summed E-state index contributed by atoms with van der Waals surface area (Å²) in [7, 11) is 3.31. The van der Waals surface area contributed by atoms with Gasteiger partial charge in [-0.2, -0.15) is 5.10 Å². The van der Waals surface area contributed by atoms with Gasteiger partial charge in [0.15, 0.2) is 0 Å². The molecule has 1 aromatic heterocycles. The van der Waals surface area contributed by atoms with Gasteiger partial charge in [0.1, 0.15) is 12.4 Å². The van der Waals surface area contributed by atoms with E-state index in [1.807, 2.05) is 0 Å². The van der Waals surface area contributed by atoms with E-state index in [2.05, 4.69) is 10.4 Å². The molecule has 128 valence electrons. The molecule has 1 N–H and O–H groups in total. The topological polar surface area (TPSA) is 67.2 Å². The van der Waals surface area contributed by atoms with Crippen molar-refractivity contribution in [3.05, 3.63) is 60.2 Å². The summed E-state index contributed by atoms with van der Waals surface area (Å²) in [5.74, 6) is -1.03. The van der Waals surface area contributed by atoms with Crippen molar-refractivity contribution >= 4 is 28.3 Å². The standard InChI is InChI=1S/C18H17FN4O2/c1-22(2)17(24)11-23-10-14(9-20-23)21-18(25)16-8-13(19)7-12-5-3-4-6-15(12)16/h3-10H,11H2,1-2H3,(H,21,25). The fourth-order valence-corrected chi connectivity index (χ4v) is 2.45. The second kappa shape index (κ2) is 6.72. The molecule has 0 aliphatic rings. The van der Waals surface area contributed by atoms with Crippen LogP contribution in [0.3, 0.4) is 0 Å². The van der Waals surface area contributed by atoms with Crippen LogP contribution in [0.4, 0.5) is 10.1 Å². The van der Waals surface area contributed by atoms with Crippen molar-refractivity contribution in [2.45, 2.75) is 6.54 Å². The van der Waals surface area contributed by atoms with E-state index < -0.39 is 11.7 Å². The van der Waals surface area contributed by atoms with Crippen molar-refractivity contribution in [2.24, 2.45) is 0 Å². The molecule has 0 saturated carbocycles. The Labute approximate surface area is 143 Å². The first kappa shape index (κ1) is 16.6. The van der Waals surface area contributed by atoms with E-state index in [1.54, 1.807) is 44.6 Å². The first-order valence-corrected chi connectivity index (χ1v) is 7.66. The van der Waals surface area contributed by atoms with Gasteiger partial charge in [0.25, 0.3) is 5.91 Å². The second-order valence-electron chi connectivity index (χ2n) is 5.84. The maximum atomic E-state index is 13.8. The Kier molecular flexibility index (Phi) is 4.47. The summed E-state index contributed by atoms with van der Waals surface area (Å²) < 4.78 is 15.2. The zero-order chi connectivity index (χ0) is 18.0. The molecule has 6 nitrogen and oxygen atoms in total. The van der Waals surface area contributed by atoms with Crippen molar-refractivity contribution in [3.63, 3.8) is 0 Å². The summed E-state index contributed by atoms with van der Waals surface area (Å²) in [5, 5.41) is 8.05. The van der Waals surface area contributed by atoms with Crippen LogP contribution in [-0.2, 0) is 11.3 Å². The smallest absolute Gasteiger partial charge is 0.256 e. The van der Waals surface area contributed by atoms with Crippen LogP contribution in [0, 0.1) is 5.82 Å². The van der Waals surface area contributed by atoms with Crippen LogP contribution in [0.15, 0.2) is 48.8 Å². The number of amides is 2. The summed E-state index contributed by atoms with van der Waals surface area (Å²) in [6.07, 6.45) is 3.00. The van der Waals surface area contributed by atoms with E-state index >= 15 is 0 Å². The Morgan fingerprint density at radius 3 is 2.76 bits per heavy atom. The molecule has 0 atom stereocenters. The molecule has 2 amide bonds. The largest absolute Gasteiger partial charge is 0.347 e. The maximum Gasteiger partial charge on any atom is 0.256 e. The third kappa shape index (κ3) is 3.65.